The molecule has 6 rings (SSSR count). The molecule has 0 spiro atoms. The van der Waals surface area contributed by atoms with E-state index in [9.17, 15) is 4.79 Å². The lowest BCUT2D eigenvalue weighted by Crippen LogP contribution is -2.20. The van der Waals surface area contributed by atoms with E-state index in [1.165, 1.54) is 4.68 Å². The van der Waals surface area contributed by atoms with Crippen molar-refractivity contribution in [3.63, 3.8) is 0 Å². The third-order valence-corrected chi connectivity index (χ3v) is 8.00. The van der Waals surface area contributed by atoms with E-state index in [-0.39, 0.29) is 11.4 Å². The highest BCUT2D eigenvalue weighted by Gasteiger charge is 2.18. The van der Waals surface area contributed by atoms with Gasteiger partial charge in [0.25, 0.3) is 5.56 Å². The van der Waals surface area contributed by atoms with Crippen LogP contribution in [0.15, 0.2) is 104 Å². The minimum absolute atomic E-state index is 0.271. The maximum Gasteiger partial charge on any atom is 0.282 e. The van der Waals surface area contributed by atoms with Gasteiger partial charge in [0.15, 0.2) is 17.3 Å². The number of halogens is 2. The van der Waals surface area contributed by atoms with Gasteiger partial charge in [-0.25, -0.2) is 4.98 Å². The Kier molecular flexibility index (Phi) is 8.48. The Morgan fingerprint density at radius 2 is 1.79 bits per heavy atom. The molecule has 0 fully saturated rings. The van der Waals surface area contributed by atoms with Gasteiger partial charge in [-0.15, -0.1) is 0 Å². The van der Waals surface area contributed by atoms with E-state index in [1.54, 1.807) is 31.5 Å². The quantitative estimate of drug-likeness (QED) is 0.110. The lowest BCUT2D eigenvalue weighted by Gasteiger charge is -2.15. The van der Waals surface area contributed by atoms with Crippen molar-refractivity contribution in [2.45, 2.75) is 13.5 Å². The molecule has 0 saturated carbocycles. The molecule has 6 aromatic rings. The average molecular weight is 750 g/mol. The fourth-order valence-electron chi connectivity index (χ4n) is 4.64. The molecule has 0 bridgehead atoms. The summed E-state index contributed by atoms with van der Waals surface area (Å²) in [6.45, 7) is 2.76. The van der Waals surface area contributed by atoms with Crippen LogP contribution in [0.5, 0.6) is 17.2 Å². The van der Waals surface area contributed by atoms with Gasteiger partial charge >= 0.3 is 0 Å². The molecule has 0 aliphatic carbocycles. The topological polar surface area (TPSA) is 88.1 Å². The molecule has 10 heteroatoms. The number of fused-ring (bicyclic) bond motifs is 2. The molecule has 0 aliphatic heterocycles. The highest BCUT2D eigenvalue weighted by atomic mass is 127. The summed E-state index contributed by atoms with van der Waals surface area (Å²) in [7, 11) is 1.60. The second-order valence-electron chi connectivity index (χ2n) is 9.47. The zero-order chi connectivity index (χ0) is 29.9. The predicted octanol–water partition coefficient (Wildman–Crippen LogP) is 8.05. The number of hydrogen-bond acceptors (Lipinski definition) is 7. The number of aromatic nitrogens is 2. The summed E-state index contributed by atoms with van der Waals surface area (Å²) in [5.41, 5.74) is 2.59. The Balaban J connectivity index is 1.41. The van der Waals surface area contributed by atoms with E-state index >= 15 is 0 Å². The number of ether oxygens (including phenoxy) is 3. The molecule has 0 radical (unpaired) electrons. The van der Waals surface area contributed by atoms with Crippen LogP contribution in [0.2, 0.25) is 0 Å². The van der Waals surface area contributed by atoms with Crippen molar-refractivity contribution in [1.82, 2.24) is 9.66 Å². The van der Waals surface area contributed by atoms with Crippen LogP contribution in [0.4, 0.5) is 0 Å². The molecule has 2 heterocycles. The number of hydrogen-bond donors (Lipinski definition) is 0. The van der Waals surface area contributed by atoms with Crippen molar-refractivity contribution in [3.05, 3.63) is 114 Å². The monoisotopic (exact) mass is 749 g/mol. The second kappa shape index (κ2) is 12.6. The van der Waals surface area contributed by atoms with Gasteiger partial charge in [-0.1, -0.05) is 46.3 Å². The van der Waals surface area contributed by atoms with Crippen LogP contribution < -0.4 is 19.8 Å². The van der Waals surface area contributed by atoms with Crippen LogP contribution in [0.1, 0.15) is 18.1 Å². The Morgan fingerprint density at radius 1 is 0.977 bits per heavy atom. The summed E-state index contributed by atoms with van der Waals surface area (Å²) in [5, 5.41) is 5.82. The first-order chi connectivity index (χ1) is 20.9. The van der Waals surface area contributed by atoms with Crippen molar-refractivity contribution < 1.29 is 18.6 Å². The van der Waals surface area contributed by atoms with Gasteiger partial charge in [-0.3, -0.25) is 4.79 Å². The molecule has 0 amide bonds. The lowest BCUT2D eigenvalue weighted by molar-refractivity contribution is 0.267. The predicted molar refractivity (Wildman–Crippen MR) is 180 cm³/mol. The van der Waals surface area contributed by atoms with Gasteiger partial charge in [0.05, 0.1) is 39.8 Å². The van der Waals surface area contributed by atoms with Crippen LogP contribution in [0.25, 0.3) is 33.5 Å². The Bertz CT molecular complexity index is 2040. The van der Waals surface area contributed by atoms with E-state index < -0.39 is 0 Å². The Morgan fingerprint density at radius 3 is 2.58 bits per heavy atom. The molecular weight excluding hydrogens is 725 g/mol. The van der Waals surface area contributed by atoms with E-state index in [0.717, 1.165) is 24.6 Å². The number of methoxy groups -OCH3 is 1. The van der Waals surface area contributed by atoms with Crippen molar-refractivity contribution in [1.29, 1.82) is 0 Å². The molecule has 216 valence electrons. The van der Waals surface area contributed by atoms with E-state index in [4.69, 9.17) is 23.6 Å². The molecule has 0 saturated heterocycles. The third-order valence-electron chi connectivity index (χ3n) is 6.67. The van der Waals surface area contributed by atoms with Crippen molar-refractivity contribution in [3.8, 4) is 28.8 Å². The minimum Gasteiger partial charge on any atom is -0.496 e. The van der Waals surface area contributed by atoms with Crippen LogP contribution in [-0.4, -0.2) is 29.6 Å². The van der Waals surface area contributed by atoms with E-state index in [1.807, 2.05) is 73.7 Å². The van der Waals surface area contributed by atoms with Gasteiger partial charge in [0.1, 0.15) is 17.9 Å². The summed E-state index contributed by atoms with van der Waals surface area (Å²) in [4.78, 5) is 18.5. The average Bonchev–Trinajstić information content (AvgIpc) is 3.46. The fraction of sp³-hybridized carbons (Fsp3) is 0.121. The summed E-state index contributed by atoms with van der Waals surface area (Å²) in [6.07, 6.45) is 1.60. The minimum atomic E-state index is -0.321. The Labute approximate surface area is 269 Å². The maximum atomic E-state index is 13.7. The molecule has 0 aliphatic rings. The van der Waals surface area contributed by atoms with Crippen molar-refractivity contribution in [2.75, 3.05) is 13.7 Å². The summed E-state index contributed by atoms with van der Waals surface area (Å²) < 4.78 is 26.9. The largest absolute Gasteiger partial charge is 0.496 e. The summed E-state index contributed by atoms with van der Waals surface area (Å²) in [5.74, 6) is 2.55. The number of furan rings is 1. The second-order valence-corrected chi connectivity index (χ2v) is 11.6. The number of rotatable bonds is 9. The molecule has 0 N–H and O–H groups in total. The smallest absolute Gasteiger partial charge is 0.282 e. The van der Waals surface area contributed by atoms with Gasteiger partial charge in [-0.2, -0.15) is 9.78 Å². The van der Waals surface area contributed by atoms with E-state index in [0.29, 0.717) is 52.7 Å². The summed E-state index contributed by atoms with van der Waals surface area (Å²) >= 11 is 5.68. The molecule has 2 aromatic heterocycles. The van der Waals surface area contributed by atoms with Crippen LogP contribution in [0, 0.1) is 3.57 Å². The number of para-hydroxylation sites is 1. The van der Waals surface area contributed by atoms with Crippen molar-refractivity contribution >= 4 is 66.6 Å². The SMILES string of the molecule is CCOc1cc(C=Nn2c(-c3cc4c(OC)cccc4o3)nc3ccccc3c2=O)cc(I)c1OCc1ccc(Br)cc1. The van der Waals surface area contributed by atoms with Crippen LogP contribution in [-0.2, 0) is 6.61 Å². The van der Waals surface area contributed by atoms with Gasteiger partial charge in [-0.05, 0) is 95.2 Å². The van der Waals surface area contributed by atoms with Crippen molar-refractivity contribution in [2.24, 2.45) is 5.10 Å². The fourth-order valence-corrected chi connectivity index (χ4v) is 5.68. The first-order valence-electron chi connectivity index (χ1n) is 13.4. The third kappa shape index (κ3) is 6.02. The van der Waals surface area contributed by atoms with Gasteiger partial charge in [0.2, 0.25) is 5.82 Å². The van der Waals surface area contributed by atoms with Gasteiger partial charge < -0.3 is 18.6 Å². The molecular formula is C33H25BrIN3O5. The molecule has 0 atom stereocenters. The Hall–Kier alpha value is -4.16. The van der Waals surface area contributed by atoms with Crippen LogP contribution in [0.3, 0.4) is 0 Å². The molecule has 43 heavy (non-hydrogen) atoms. The summed E-state index contributed by atoms with van der Waals surface area (Å²) in [6, 6.07) is 26.2. The van der Waals surface area contributed by atoms with Crippen LogP contribution >= 0.6 is 38.5 Å². The highest BCUT2D eigenvalue weighted by molar-refractivity contribution is 14.1. The zero-order valence-corrected chi connectivity index (χ0v) is 27.0. The molecule has 0 unspecified atom stereocenters. The van der Waals surface area contributed by atoms with Gasteiger partial charge in [0, 0.05) is 4.47 Å². The molecule has 4 aromatic carbocycles. The number of benzene rings is 4. The molecule has 8 nitrogen and oxygen atoms in total. The normalized spacial score (nSPS) is 11.4. The standard InChI is InChI=1S/C33H25BrIN3O5/c1-3-41-29-16-21(15-25(35)31(29)42-19-20-11-13-22(34)14-12-20)18-36-38-32(37-26-8-5-4-7-23(26)33(38)39)30-17-24-27(40-2)9-6-10-28(24)43-30/h4-18H,3,19H2,1-2H3. The zero-order valence-electron chi connectivity index (χ0n) is 23.2. The highest BCUT2D eigenvalue weighted by Crippen LogP contribution is 2.35. The maximum absolute atomic E-state index is 13.7. The lowest BCUT2D eigenvalue weighted by atomic mass is 10.2. The van der Waals surface area contributed by atoms with E-state index in [2.05, 4.69) is 43.6 Å². The first-order valence-corrected chi connectivity index (χ1v) is 15.3. The first kappa shape index (κ1) is 28.9. The number of nitrogens with zero attached hydrogens (tertiary/aromatic N) is 3.